The molecular weight excluding hydrogens is 378 g/mol. The van der Waals surface area contributed by atoms with E-state index in [1.54, 1.807) is 0 Å². The zero-order valence-corrected chi connectivity index (χ0v) is 16.5. The first kappa shape index (κ1) is 19.7. The van der Waals surface area contributed by atoms with Gasteiger partial charge in [-0.05, 0) is 34.2 Å². The van der Waals surface area contributed by atoms with Gasteiger partial charge in [0.15, 0.2) is 0 Å². The molecule has 1 amide bonds. The SMILES string of the molecule is O=C(NC(Cc1ccccc1)C(=O)O)OCC1c2ccccc2Cc2ccccc21. The second-order valence-electron chi connectivity index (χ2n) is 7.45. The maximum Gasteiger partial charge on any atom is 0.407 e. The fourth-order valence-electron chi connectivity index (χ4n) is 4.02. The lowest BCUT2D eigenvalue weighted by Crippen LogP contribution is -2.43. The largest absolute Gasteiger partial charge is 0.480 e. The number of rotatable bonds is 6. The van der Waals surface area contributed by atoms with Crippen LogP contribution in [-0.2, 0) is 22.4 Å². The van der Waals surface area contributed by atoms with Gasteiger partial charge >= 0.3 is 12.1 Å². The number of alkyl carbamates (subject to hydrolysis) is 1. The zero-order chi connectivity index (χ0) is 20.9. The number of nitrogens with one attached hydrogen (secondary N) is 1. The Kier molecular flexibility index (Phi) is 5.80. The Morgan fingerprint density at radius 1 is 0.900 bits per heavy atom. The zero-order valence-electron chi connectivity index (χ0n) is 16.5. The van der Waals surface area contributed by atoms with Gasteiger partial charge in [-0.3, -0.25) is 0 Å². The molecule has 0 radical (unpaired) electrons. The lowest BCUT2D eigenvalue weighted by molar-refractivity contribution is -0.139. The molecule has 0 heterocycles. The van der Waals surface area contributed by atoms with Gasteiger partial charge in [-0.25, -0.2) is 9.59 Å². The van der Waals surface area contributed by atoms with E-state index in [1.165, 1.54) is 11.1 Å². The molecule has 4 rings (SSSR count). The summed E-state index contributed by atoms with van der Waals surface area (Å²) in [4.78, 5) is 24.0. The van der Waals surface area contributed by atoms with Crippen molar-refractivity contribution in [3.05, 3.63) is 107 Å². The molecule has 5 heteroatoms. The van der Waals surface area contributed by atoms with E-state index in [1.807, 2.05) is 54.6 Å². The number of hydrogen-bond acceptors (Lipinski definition) is 3. The number of ether oxygens (including phenoxy) is 1. The van der Waals surface area contributed by atoms with Crippen molar-refractivity contribution < 1.29 is 19.4 Å². The van der Waals surface area contributed by atoms with Gasteiger partial charge in [0, 0.05) is 12.3 Å². The number of benzene rings is 3. The van der Waals surface area contributed by atoms with Gasteiger partial charge in [0.25, 0.3) is 0 Å². The number of carbonyl (C=O) groups excluding carboxylic acids is 1. The third-order valence-electron chi connectivity index (χ3n) is 5.50. The lowest BCUT2D eigenvalue weighted by atomic mass is 9.78. The quantitative estimate of drug-likeness (QED) is 0.651. The molecule has 3 aromatic carbocycles. The monoisotopic (exact) mass is 401 g/mol. The molecule has 1 unspecified atom stereocenters. The van der Waals surface area contributed by atoms with Crippen molar-refractivity contribution in [1.29, 1.82) is 0 Å². The smallest absolute Gasteiger partial charge is 0.407 e. The molecule has 0 saturated carbocycles. The van der Waals surface area contributed by atoms with Crippen LogP contribution < -0.4 is 5.32 Å². The molecular formula is C25H23NO4. The Balaban J connectivity index is 1.45. The summed E-state index contributed by atoms with van der Waals surface area (Å²) in [6.45, 7) is 0.150. The molecule has 0 saturated heterocycles. The topological polar surface area (TPSA) is 75.6 Å². The highest BCUT2D eigenvalue weighted by Gasteiger charge is 2.27. The second kappa shape index (κ2) is 8.82. The van der Waals surface area contributed by atoms with Gasteiger partial charge in [-0.15, -0.1) is 0 Å². The summed E-state index contributed by atoms with van der Waals surface area (Å²) >= 11 is 0. The van der Waals surface area contributed by atoms with Crippen LogP contribution in [0.2, 0.25) is 0 Å². The predicted octanol–water partition coefficient (Wildman–Crippen LogP) is 4.14. The maximum atomic E-state index is 12.4. The highest BCUT2D eigenvalue weighted by Crippen LogP contribution is 2.36. The van der Waals surface area contributed by atoms with Crippen LogP contribution in [0.3, 0.4) is 0 Å². The summed E-state index contributed by atoms with van der Waals surface area (Å²) in [5.74, 6) is -1.17. The first-order valence-electron chi connectivity index (χ1n) is 9.97. The van der Waals surface area contributed by atoms with Gasteiger partial charge in [0.05, 0.1) is 0 Å². The number of hydrogen-bond donors (Lipinski definition) is 2. The second-order valence-corrected chi connectivity index (χ2v) is 7.45. The highest BCUT2D eigenvalue weighted by molar-refractivity contribution is 5.80. The van der Waals surface area contributed by atoms with E-state index >= 15 is 0 Å². The summed E-state index contributed by atoms with van der Waals surface area (Å²) in [7, 11) is 0. The number of aliphatic carboxylic acids is 1. The van der Waals surface area contributed by atoms with Crippen molar-refractivity contribution in [2.45, 2.75) is 24.8 Å². The average Bonchev–Trinajstić information content (AvgIpc) is 2.77. The predicted molar refractivity (Wildman–Crippen MR) is 114 cm³/mol. The third kappa shape index (κ3) is 4.35. The van der Waals surface area contributed by atoms with E-state index in [4.69, 9.17) is 4.74 Å². The number of carboxylic acids is 1. The van der Waals surface area contributed by atoms with Crippen LogP contribution in [0.4, 0.5) is 4.79 Å². The highest BCUT2D eigenvalue weighted by atomic mass is 16.5. The standard InChI is InChI=1S/C25H23NO4/c27-24(28)23(14-17-8-2-1-3-9-17)26-25(29)30-16-22-20-12-6-4-10-18(20)15-19-11-5-7-13-21(19)22/h1-13,22-23H,14-16H2,(H,26,29)(H,27,28). The van der Waals surface area contributed by atoms with Crippen molar-refractivity contribution in [1.82, 2.24) is 5.32 Å². The first-order chi connectivity index (χ1) is 14.6. The Morgan fingerprint density at radius 3 is 2.07 bits per heavy atom. The van der Waals surface area contributed by atoms with E-state index in [2.05, 4.69) is 29.6 Å². The summed E-state index contributed by atoms with van der Waals surface area (Å²) in [5.41, 5.74) is 5.56. The van der Waals surface area contributed by atoms with Crippen LogP contribution in [0.5, 0.6) is 0 Å². The molecule has 0 fully saturated rings. The van der Waals surface area contributed by atoms with E-state index in [0.717, 1.165) is 23.1 Å². The molecule has 2 N–H and O–H groups in total. The van der Waals surface area contributed by atoms with Crippen molar-refractivity contribution in [3.63, 3.8) is 0 Å². The Bertz CT molecular complexity index is 1000. The molecule has 0 aromatic heterocycles. The van der Waals surface area contributed by atoms with Crippen LogP contribution in [-0.4, -0.2) is 29.8 Å². The van der Waals surface area contributed by atoms with Gasteiger partial charge in [0.1, 0.15) is 12.6 Å². The number of amides is 1. The molecule has 30 heavy (non-hydrogen) atoms. The molecule has 1 aliphatic carbocycles. The third-order valence-corrected chi connectivity index (χ3v) is 5.50. The molecule has 1 aliphatic rings. The number of fused-ring (bicyclic) bond motifs is 2. The van der Waals surface area contributed by atoms with Crippen LogP contribution in [0.1, 0.15) is 33.7 Å². The molecule has 0 bridgehead atoms. The minimum absolute atomic E-state index is 0.0747. The normalized spacial score (nSPS) is 13.6. The molecule has 1 atom stereocenters. The van der Waals surface area contributed by atoms with Crippen LogP contribution in [0.15, 0.2) is 78.9 Å². The molecule has 0 spiro atoms. The van der Waals surface area contributed by atoms with E-state index < -0.39 is 18.1 Å². The minimum Gasteiger partial charge on any atom is -0.480 e. The molecule has 152 valence electrons. The van der Waals surface area contributed by atoms with Gasteiger partial charge < -0.3 is 15.2 Å². The fraction of sp³-hybridized carbons (Fsp3) is 0.200. The maximum absolute atomic E-state index is 12.4. The van der Waals surface area contributed by atoms with E-state index in [9.17, 15) is 14.7 Å². The number of carboxylic acid groups (broad SMARTS) is 1. The van der Waals surface area contributed by atoms with Gasteiger partial charge in [0.2, 0.25) is 0 Å². The molecule has 0 aliphatic heterocycles. The summed E-state index contributed by atoms with van der Waals surface area (Å²) < 4.78 is 5.50. The van der Waals surface area contributed by atoms with Crippen molar-refractivity contribution >= 4 is 12.1 Å². The van der Waals surface area contributed by atoms with Crippen molar-refractivity contribution in [3.8, 4) is 0 Å². The lowest BCUT2D eigenvalue weighted by Gasteiger charge is -2.28. The fourth-order valence-corrected chi connectivity index (χ4v) is 4.02. The molecule has 5 nitrogen and oxygen atoms in total. The minimum atomic E-state index is -1.09. The van der Waals surface area contributed by atoms with Crippen LogP contribution >= 0.6 is 0 Å². The Hall–Kier alpha value is -3.60. The van der Waals surface area contributed by atoms with Gasteiger partial charge in [-0.2, -0.15) is 0 Å². The summed E-state index contributed by atoms with van der Waals surface area (Å²) in [5, 5.41) is 12.0. The van der Waals surface area contributed by atoms with Crippen molar-refractivity contribution in [2.75, 3.05) is 6.61 Å². The Labute approximate surface area is 175 Å². The Morgan fingerprint density at radius 2 is 1.47 bits per heavy atom. The van der Waals surface area contributed by atoms with Gasteiger partial charge in [-0.1, -0.05) is 78.9 Å². The van der Waals surface area contributed by atoms with Crippen molar-refractivity contribution in [2.24, 2.45) is 0 Å². The van der Waals surface area contributed by atoms with E-state index in [0.29, 0.717) is 0 Å². The summed E-state index contributed by atoms with van der Waals surface area (Å²) in [6.07, 6.45) is 0.326. The molecule has 3 aromatic rings. The van der Waals surface area contributed by atoms with E-state index in [-0.39, 0.29) is 18.9 Å². The van der Waals surface area contributed by atoms with Crippen LogP contribution in [0, 0.1) is 0 Å². The summed E-state index contributed by atoms with van der Waals surface area (Å²) in [6, 6.07) is 24.5. The first-order valence-corrected chi connectivity index (χ1v) is 9.97. The van der Waals surface area contributed by atoms with Crippen LogP contribution in [0.25, 0.3) is 0 Å². The number of carbonyl (C=O) groups is 2. The average molecular weight is 401 g/mol.